The summed E-state index contributed by atoms with van der Waals surface area (Å²) in [6, 6.07) is 12.1. The van der Waals surface area contributed by atoms with Crippen LogP contribution in [0, 0.1) is 0 Å². The topological polar surface area (TPSA) is 67.9 Å². The van der Waals surface area contributed by atoms with Crippen molar-refractivity contribution in [2.75, 3.05) is 18.5 Å². The van der Waals surface area contributed by atoms with Gasteiger partial charge in [0.1, 0.15) is 17.5 Å². The number of nitrogens with one attached hydrogen (secondary N) is 1. The predicted octanol–water partition coefficient (Wildman–Crippen LogP) is 3.47. The van der Waals surface area contributed by atoms with Crippen LogP contribution in [-0.2, 0) is 11.3 Å². The van der Waals surface area contributed by atoms with Crippen LogP contribution in [0.3, 0.4) is 0 Å². The molecule has 6 nitrogen and oxygen atoms in total. The third-order valence-electron chi connectivity index (χ3n) is 4.52. The SMILES string of the molecule is CCOc1ccc(OCC)c(NC(=O)C(C)N2Cc3ccccc3C2=O)c1. The molecule has 1 aliphatic heterocycles. The first-order valence-corrected chi connectivity index (χ1v) is 9.14. The van der Waals surface area contributed by atoms with Crippen molar-refractivity contribution in [2.24, 2.45) is 0 Å². The fraction of sp³-hybridized carbons (Fsp3) is 0.333. The minimum atomic E-state index is -0.616. The number of benzene rings is 2. The van der Waals surface area contributed by atoms with Crippen LogP contribution >= 0.6 is 0 Å². The molecule has 1 unspecified atom stereocenters. The molecule has 0 aromatic heterocycles. The highest BCUT2D eigenvalue weighted by Crippen LogP contribution is 2.30. The van der Waals surface area contributed by atoms with Crippen molar-refractivity contribution >= 4 is 17.5 Å². The van der Waals surface area contributed by atoms with Crippen LogP contribution in [0.5, 0.6) is 11.5 Å². The molecule has 1 atom stereocenters. The van der Waals surface area contributed by atoms with E-state index in [1.165, 1.54) is 0 Å². The normalized spacial score (nSPS) is 13.9. The lowest BCUT2D eigenvalue weighted by Crippen LogP contribution is -2.42. The number of nitrogens with zero attached hydrogens (tertiary/aromatic N) is 1. The Bertz CT molecular complexity index is 850. The van der Waals surface area contributed by atoms with Gasteiger partial charge in [-0.1, -0.05) is 18.2 Å². The molecule has 2 aromatic rings. The van der Waals surface area contributed by atoms with Gasteiger partial charge in [0.25, 0.3) is 5.91 Å². The van der Waals surface area contributed by atoms with Crippen molar-refractivity contribution in [3.8, 4) is 11.5 Å². The highest BCUT2D eigenvalue weighted by atomic mass is 16.5. The molecule has 1 heterocycles. The molecule has 0 fully saturated rings. The molecule has 0 bridgehead atoms. The monoisotopic (exact) mass is 368 g/mol. The van der Waals surface area contributed by atoms with Gasteiger partial charge in [-0.05, 0) is 44.5 Å². The maximum atomic E-state index is 12.8. The number of ether oxygens (including phenoxy) is 2. The van der Waals surface area contributed by atoms with Gasteiger partial charge < -0.3 is 19.7 Å². The van der Waals surface area contributed by atoms with Crippen LogP contribution in [-0.4, -0.2) is 36.0 Å². The third-order valence-corrected chi connectivity index (χ3v) is 4.52. The Kier molecular flexibility index (Phi) is 5.64. The van der Waals surface area contributed by atoms with Gasteiger partial charge in [0.2, 0.25) is 5.91 Å². The number of hydrogen-bond acceptors (Lipinski definition) is 4. The van der Waals surface area contributed by atoms with Gasteiger partial charge in [-0.15, -0.1) is 0 Å². The van der Waals surface area contributed by atoms with Crippen molar-refractivity contribution < 1.29 is 19.1 Å². The van der Waals surface area contributed by atoms with Crippen LogP contribution in [0.15, 0.2) is 42.5 Å². The first kappa shape index (κ1) is 18.8. The second-order valence-corrected chi connectivity index (χ2v) is 6.28. The minimum Gasteiger partial charge on any atom is -0.494 e. The minimum absolute atomic E-state index is 0.124. The van der Waals surface area contributed by atoms with Crippen molar-refractivity contribution in [3.63, 3.8) is 0 Å². The Labute approximate surface area is 159 Å². The molecule has 2 amide bonds. The number of anilines is 1. The average molecular weight is 368 g/mol. The van der Waals surface area contributed by atoms with Crippen LogP contribution in [0.25, 0.3) is 0 Å². The second kappa shape index (κ2) is 8.12. The van der Waals surface area contributed by atoms with Gasteiger partial charge >= 0.3 is 0 Å². The van der Waals surface area contributed by atoms with E-state index in [-0.39, 0.29) is 11.8 Å². The van der Waals surface area contributed by atoms with E-state index in [2.05, 4.69) is 5.32 Å². The predicted molar refractivity (Wildman–Crippen MR) is 103 cm³/mol. The molecule has 2 aromatic carbocycles. The van der Waals surface area contributed by atoms with E-state index in [1.54, 1.807) is 36.1 Å². The molecule has 1 aliphatic rings. The molecule has 0 aliphatic carbocycles. The molecule has 1 N–H and O–H groups in total. The Morgan fingerprint density at radius 3 is 2.59 bits per heavy atom. The zero-order valence-corrected chi connectivity index (χ0v) is 15.8. The number of rotatable bonds is 7. The molecular formula is C21H24N2O4. The summed E-state index contributed by atoms with van der Waals surface area (Å²) in [5.41, 5.74) is 2.13. The standard InChI is InChI=1S/C21H24N2O4/c1-4-26-16-10-11-19(27-5-2)18(12-16)22-20(24)14(3)23-13-15-8-6-7-9-17(15)21(23)25/h6-12,14H,4-5,13H2,1-3H3,(H,22,24). The zero-order valence-electron chi connectivity index (χ0n) is 15.8. The Morgan fingerprint density at radius 1 is 1.15 bits per heavy atom. The number of carbonyl (C=O) groups is 2. The molecule has 3 rings (SSSR count). The van der Waals surface area contributed by atoms with E-state index in [9.17, 15) is 9.59 Å². The summed E-state index contributed by atoms with van der Waals surface area (Å²) in [4.78, 5) is 27.0. The summed E-state index contributed by atoms with van der Waals surface area (Å²) in [6.45, 7) is 6.94. The van der Waals surface area contributed by atoms with Gasteiger partial charge in [0, 0.05) is 18.2 Å². The fourth-order valence-corrected chi connectivity index (χ4v) is 3.11. The summed E-state index contributed by atoms with van der Waals surface area (Å²) in [5, 5.41) is 2.88. The highest BCUT2D eigenvalue weighted by molar-refractivity contribution is 6.03. The van der Waals surface area contributed by atoms with E-state index in [0.717, 1.165) is 5.56 Å². The van der Waals surface area contributed by atoms with Gasteiger partial charge in [-0.25, -0.2) is 0 Å². The highest BCUT2D eigenvalue weighted by Gasteiger charge is 2.33. The van der Waals surface area contributed by atoms with Crippen LogP contribution < -0.4 is 14.8 Å². The van der Waals surface area contributed by atoms with E-state index in [1.807, 2.05) is 32.0 Å². The second-order valence-electron chi connectivity index (χ2n) is 6.28. The summed E-state index contributed by atoms with van der Waals surface area (Å²) < 4.78 is 11.1. The number of carbonyl (C=O) groups excluding carboxylic acids is 2. The van der Waals surface area contributed by atoms with Gasteiger partial charge in [-0.2, -0.15) is 0 Å². The number of hydrogen-bond donors (Lipinski definition) is 1. The fourth-order valence-electron chi connectivity index (χ4n) is 3.11. The quantitative estimate of drug-likeness (QED) is 0.813. The molecule has 0 saturated heterocycles. The summed E-state index contributed by atoms with van der Waals surface area (Å²) in [5.74, 6) is 0.818. The van der Waals surface area contributed by atoms with Crippen LogP contribution in [0.2, 0.25) is 0 Å². The first-order chi connectivity index (χ1) is 13.0. The molecule has 6 heteroatoms. The van der Waals surface area contributed by atoms with Gasteiger partial charge in [0.15, 0.2) is 0 Å². The van der Waals surface area contributed by atoms with Gasteiger partial charge in [-0.3, -0.25) is 9.59 Å². The van der Waals surface area contributed by atoms with Crippen molar-refractivity contribution in [1.82, 2.24) is 4.90 Å². The lowest BCUT2D eigenvalue weighted by Gasteiger charge is -2.24. The molecule has 142 valence electrons. The van der Waals surface area contributed by atoms with E-state index < -0.39 is 6.04 Å². The van der Waals surface area contributed by atoms with Crippen LogP contribution in [0.4, 0.5) is 5.69 Å². The maximum absolute atomic E-state index is 12.8. The lowest BCUT2D eigenvalue weighted by atomic mass is 10.1. The lowest BCUT2D eigenvalue weighted by molar-refractivity contribution is -0.120. The van der Waals surface area contributed by atoms with Crippen LogP contribution in [0.1, 0.15) is 36.7 Å². The summed E-state index contributed by atoms with van der Waals surface area (Å²) in [6.07, 6.45) is 0. The van der Waals surface area contributed by atoms with Crippen molar-refractivity contribution in [2.45, 2.75) is 33.4 Å². The smallest absolute Gasteiger partial charge is 0.255 e. The average Bonchev–Trinajstić information content (AvgIpc) is 3.00. The molecular weight excluding hydrogens is 344 g/mol. The van der Waals surface area contributed by atoms with Gasteiger partial charge in [0.05, 0.1) is 18.9 Å². The molecule has 0 radical (unpaired) electrons. The third kappa shape index (κ3) is 3.89. The molecule has 0 spiro atoms. The largest absolute Gasteiger partial charge is 0.494 e. The van der Waals surface area contributed by atoms with E-state index in [0.29, 0.717) is 42.5 Å². The number of fused-ring (bicyclic) bond motifs is 1. The summed E-state index contributed by atoms with van der Waals surface area (Å²) >= 11 is 0. The van der Waals surface area contributed by atoms with Crippen molar-refractivity contribution in [1.29, 1.82) is 0 Å². The van der Waals surface area contributed by atoms with E-state index in [4.69, 9.17) is 9.47 Å². The Balaban J connectivity index is 1.77. The summed E-state index contributed by atoms with van der Waals surface area (Å²) in [7, 11) is 0. The Hall–Kier alpha value is -3.02. The molecule has 27 heavy (non-hydrogen) atoms. The maximum Gasteiger partial charge on any atom is 0.255 e. The van der Waals surface area contributed by atoms with Crippen molar-refractivity contribution in [3.05, 3.63) is 53.6 Å². The zero-order chi connectivity index (χ0) is 19.4. The molecule has 0 saturated carbocycles. The first-order valence-electron chi connectivity index (χ1n) is 9.14. The van der Waals surface area contributed by atoms with E-state index >= 15 is 0 Å². The Morgan fingerprint density at radius 2 is 1.89 bits per heavy atom. The number of amides is 2.